The number of phenols is 1. The van der Waals surface area contributed by atoms with Crippen LogP contribution in [0.25, 0.3) is 0 Å². The molecular formula is C15H22O2. The van der Waals surface area contributed by atoms with Crippen molar-refractivity contribution in [3.8, 4) is 5.75 Å². The van der Waals surface area contributed by atoms with E-state index in [1.165, 1.54) is 12.8 Å². The van der Waals surface area contributed by atoms with Gasteiger partial charge < -0.3 is 10.2 Å². The van der Waals surface area contributed by atoms with Gasteiger partial charge in [0.05, 0.1) is 6.61 Å². The largest absolute Gasteiger partial charge is 0.508 e. The van der Waals surface area contributed by atoms with E-state index in [4.69, 9.17) is 0 Å². The number of phenolic OH excluding ortho intramolecular Hbond substituents is 1. The average molecular weight is 234 g/mol. The first-order valence-corrected chi connectivity index (χ1v) is 6.33. The number of hydrogen-bond donors (Lipinski definition) is 2. The van der Waals surface area contributed by atoms with Gasteiger partial charge in [-0.2, -0.15) is 0 Å². The van der Waals surface area contributed by atoms with Gasteiger partial charge >= 0.3 is 0 Å². The molecule has 0 radical (unpaired) electrons. The van der Waals surface area contributed by atoms with E-state index in [1.54, 1.807) is 6.07 Å². The van der Waals surface area contributed by atoms with E-state index < -0.39 is 0 Å². The molecule has 1 aromatic rings. The van der Waals surface area contributed by atoms with E-state index in [0.717, 1.165) is 17.5 Å². The Hall–Kier alpha value is -1.02. The number of rotatable bonds is 2. The van der Waals surface area contributed by atoms with Crippen LogP contribution in [-0.4, -0.2) is 10.2 Å². The molecule has 0 amide bonds. The Morgan fingerprint density at radius 2 is 1.82 bits per heavy atom. The van der Waals surface area contributed by atoms with Crippen molar-refractivity contribution in [2.45, 2.75) is 52.1 Å². The number of hydrogen-bond acceptors (Lipinski definition) is 2. The third-order valence-electron chi connectivity index (χ3n) is 4.77. The molecular weight excluding hydrogens is 212 g/mol. The molecule has 17 heavy (non-hydrogen) atoms. The Kier molecular flexibility index (Phi) is 2.94. The van der Waals surface area contributed by atoms with Crippen LogP contribution in [0.1, 0.15) is 51.2 Å². The highest BCUT2D eigenvalue weighted by atomic mass is 16.3. The SMILES string of the molecule is CC1(C)CCCC1(C)c1cc(O)cc(CO)c1. The van der Waals surface area contributed by atoms with Crippen molar-refractivity contribution in [1.82, 2.24) is 0 Å². The van der Waals surface area contributed by atoms with Crippen LogP contribution in [0.5, 0.6) is 5.75 Å². The Morgan fingerprint density at radius 3 is 2.35 bits per heavy atom. The second-order valence-corrected chi connectivity index (χ2v) is 6.12. The molecule has 2 N–H and O–H groups in total. The monoisotopic (exact) mass is 234 g/mol. The predicted molar refractivity (Wildman–Crippen MR) is 69.0 cm³/mol. The summed E-state index contributed by atoms with van der Waals surface area (Å²) in [5.41, 5.74) is 2.29. The van der Waals surface area contributed by atoms with Gasteiger partial charge in [-0.15, -0.1) is 0 Å². The van der Waals surface area contributed by atoms with Crippen molar-refractivity contribution in [1.29, 1.82) is 0 Å². The molecule has 2 rings (SSSR count). The first kappa shape index (κ1) is 12.4. The Labute approximate surface area is 103 Å². The average Bonchev–Trinajstić information content (AvgIpc) is 2.53. The van der Waals surface area contributed by atoms with E-state index in [-0.39, 0.29) is 23.2 Å². The van der Waals surface area contributed by atoms with Gasteiger partial charge in [0.25, 0.3) is 0 Å². The molecule has 1 aliphatic carbocycles. The first-order valence-electron chi connectivity index (χ1n) is 6.33. The van der Waals surface area contributed by atoms with Gasteiger partial charge in [-0.05, 0) is 46.9 Å². The fourth-order valence-corrected chi connectivity index (χ4v) is 3.12. The lowest BCUT2D eigenvalue weighted by Gasteiger charge is -2.39. The highest BCUT2D eigenvalue weighted by molar-refractivity contribution is 5.39. The van der Waals surface area contributed by atoms with E-state index >= 15 is 0 Å². The standard InChI is InChI=1S/C15H22O2/c1-14(2)5-4-6-15(14,3)12-7-11(10-16)8-13(17)9-12/h7-9,16-17H,4-6,10H2,1-3H3. The summed E-state index contributed by atoms with van der Waals surface area (Å²) in [6.45, 7) is 6.85. The molecule has 1 saturated carbocycles. The molecule has 94 valence electrons. The zero-order valence-corrected chi connectivity index (χ0v) is 11.0. The maximum absolute atomic E-state index is 9.76. The zero-order chi connectivity index (χ0) is 12.7. The molecule has 0 bridgehead atoms. The lowest BCUT2D eigenvalue weighted by atomic mass is 9.65. The second-order valence-electron chi connectivity index (χ2n) is 6.12. The minimum Gasteiger partial charge on any atom is -0.508 e. The Bertz CT molecular complexity index is 423. The third kappa shape index (κ3) is 1.95. The predicted octanol–water partition coefficient (Wildman–Crippen LogP) is 3.35. The van der Waals surface area contributed by atoms with Gasteiger partial charge in [0.2, 0.25) is 0 Å². The Balaban J connectivity index is 2.49. The van der Waals surface area contributed by atoms with Crippen LogP contribution in [0.2, 0.25) is 0 Å². The van der Waals surface area contributed by atoms with E-state index in [1.807, 2.05) is 12.1 Å². The minimum atomic E-state index is -0.0160. The van der Waals surface area contributed by atoms with Gasteiger partial charge in [-0.3, -0.25) is 0 Å². The molecule has 1 fully saturated rings. The summed E-state index contributed by atoms with van der Waals surface area (Å²) in [6.07, 6.45) is 3.59. The van der Waals surface area contributed by atoms with E-state index in [9.17, 15) is 10.2 Å². The zero-order valence-electron chi connectivity index (χ0n) is 11.0. The van der Waals surface area contributed by atoms with Crippen LogP contribution in [0.15, 0.2) is 18.2 Å². The fraction of sp³-hybridized carbons (Fsp3) is 0.600. The quantitative estimate of drug-likeness (QED) is 0.823. The lowest BCUT2D eigenvalue weighted by Crippen LogP contribution is -2.34. The summed E-state index contributed by atoms with van der Waals surface area (Å²) in [6, 6.07) is 5.52. The summed E-state index contributed by atoms with van der Waals surface area (Å²) in [7, 11) is 0. The number of benzene rings is 1. The van der Waals surface area contributed by atoms with Crippen LogP contribution in [-0.2, 0) is 12.0 Å². The molecule has 0 saturated heterocycles. The highest BCUT2D eigenvalue weighted by Gasteiger charge is 2.46. The van der Waals surface area contributed by atoms with Gasteiger partial charge in [0, 0.05) is 0 Å². The number of aliphatic hydroxyl groups is 1. The normalized spacial score (nSPS) is 27.3. The first-order chi connectivity index (χ1) is 7.89. The number of aromatic hydroxyl groups is 1. The molecule has 1 aliphatic rings. The van der Waals surface area contributed by atoms with Crippen molar-refractivity contribution in [2.24, 2.45) is 5.41 Å². The summed E-state index contributed by atoms with van der Waals surface area (Å²) in [4.78, 5) is 0. The maximum Gasteiger partial charge on any atom is 0.116 e. The van der Waals surface area contributed by atoms with Crippen molar-refractivity contribution < 1.29 is 10.2 Å². The van der Waals surface area contributed by atoms with E-state index in [0.29, 0.717) is 0 Å². The van der Waals surface area contributed by atoms with Crippen molar-refractivity contribution in [3.05, 3.63) is 29.3 Å². The summed E-state index contributed by atoms with van der Waals surface area (Å²) in [5.74, 6) is 0.260. The highest BCUT2D eigenvalue weighted by Crippen LogP contribution is 2.54. The summed E-state index contributed by atoms with van der Waals surface area (Å²) >= 11 is 0. The fourth-order valence-electron chi connectivity index (χ4n) is 3.12. The smallest absolute Gasteiger partial charge is 0.116 e. The summed E-state index contributed by atoms with van der Waals surface area (Å²) < 4.78 is 0. The van der Waals surface area contributed by atoms with Crippen LogP contribution < -0.4 is 0 Å². The molecule has 2 heteroatoms. The summed E-state index contributed by atoms with van der Waals surface area (Å²) in [5, 5.41) is 19.0. The minimum absolute atomic E-state index is 0.0160. The Morgan fingerprint density at radius 1 is 1.12 bits per heavy atom. The van der Waals surface area contributed by atoms with Gasteiger partial charge in [0.1, 0.15) is 5.75 Å². The molecule has 1 unspecified atom stereocenters. The molecule has 0 spiro atoms. The molecule has 0 aromatic heterocycles. The van der Waals surface area contributed by atoms with Gasteiger partial charge in [-0.1, -0.05) is 33.3 Å². The number of aliphatic hydroxyl groups excluding tert-OH is 1. The van der Waals surface area contributed by atoms with Gasteiger partial charge in [0.15, 0.2) is 0 Å². The van der Waals surface area contributed by atoms with Crippen LogP contribution in [0, 0.1) is 5.41 Å². The lowest BCUT2D eigenvalue weighted by molar-refractivity contribution is 0.223. The molecule has 0 heterocycles. The van der Waals surface area contributed by atoms with Crippen molar-refractivity contribution in [3.63, 3.8) is 0 Å². The van der Waals surface area contributed by atoms with Crippen LogP contribution in [0.3, 0.4) is 0 Å². The molecule has 2 nitrogen and oxygen atoms in total. The molecule has 0 aliphatic heterocycles. The maximum atomic E-state index is 9.76. The van der Waals surface area contributed by atoms with Gasteiger partial charge in [-0.25, -0.2) is 0 Å². The third-order valence-corrected chi connectivity index (χ3v) is 4.77. The van der Waals surface area contributed by atoms with Crippen LogP contribution in [0.4, 0.5) is 0 Å². The molecule has 1 atom stereocenters. The van der Waals surface area contributed by atoms with E-state index in [2.05, 4.69) is 20.8 Å². The van der Waals surface area contributed by atoms with Crippen molar-refractivity contribution in [2.75, 3.05) is 0 Å². The molecule has 1 aromatic carbocycles. The van der Waals surface area contributed by atoms with Crippen molar-refractivity contribution >= 4 is 0 Å². The second kappa shape index (κ2) is 4.02. The topological polar surface area (TPSA) is 40.5 Å². The van der Waals surface area contributed by atoms with Crippen LogP contribution >= 0.6 is 0 Å².